The monoisotopic (exact) mass is 483 g/mol. The van der Waals surface area contributed by atoms with E-state index in [2.05, 4.69) is 0 Å². The van der Waals surface area contributed by atoms with Gasteiger partial charge < -0.3 is 14.2 Å². The van der Waals surface area contributed by atoms with Crippen LogP contribution in [0.5, 0.6) is 11.5 Å². The second-order valence-corrected chi connectivity index (χ2v) is 9.09. The number of hydrogen-bond acceptors (Lipinski definition) is 7. The molecule has 0 heterocycles. The molecule has 9 heteroatoms. The molecular weight excluding hydrogens is 458 g/mol. The van der Waals surface area contributed by atoms with Crippen LogP contribution in [0.25, 0.3) is 0 Å². The first kappa shape index (κ1) is 24.8. The van der Waals surface area contributed by atoms with Gasteiger partial charge in [0.1, 0.15) is 11.5 Å². The maximum Gasteiger partial charge on any atom is 0.338 e. The number of benzene rings is 3. The summed E-state index contributed by atoms with van der Waals surface area (Å²) in [5, 5.41) is 0. The number of carbonyl (C=O) groups is 2. The van der Waals surface area contributed by atoms with Gasteiger partial charge >= 0.3 is 5.97 Å². The fourth-order valence-electron chi connectivity index (χ4n) is 3.14. The minimum absolute atomic E-state index is 0.0112. The standard InChI is InChI=1S/C25H25NO7S/c1-4-32-20-13-9-18(10-14-20)23(27)17-33-25(28)19-11-15-21(16-12-19)34(29,30)26(2)22-7-5-6-8-24(22)31-3/h5-16H,4,17H2,1-3H3. The van der Waals surface area contributed by atoms with Crippen LogP contribution >= 0.6 is 0 Å². The number of methoxy groups -OCH3 is 1. The van der Waals surface area contributed by atoms with E-state index in [1.165, 1.54) is 38.4 Å². The molecule has 0 amide bonds. The normalized spacial score (nSPS) is 10.9. The largest absolute Gasteiger partial charge is 0.495 e. The third-order valence-electron chi connectivity index (χ3n) is 4.99. The average Bonchev–Trinajstić information content (AvgIpc) is 2.87. The van der Waals surface area contributed by atoms with Gasteiger partial charge in [0.15, 0.2) is 12.4 Å². The molecule has 178 valence electrons. The molecule has 0 unspecified atom stereocenters. The van der Waals surface area contributed by atoms with Crippen molar-refractivity contribution in [2.24, 2.45) is 0 Å². The van der Waals surface area contributed by atoms with Crippen molar-refractivity contribution in [3.05, 3.63) is 83.9 Å². The molecule has 3 aromatic rings. The van der Waals surface area contributed by atoms with Gasteiger partial charge in [-0.3, -0.25) is 9.10 Å². The number of carbonyl (C=O) groups excluding carboxylic acids is 2. The minimum atomic E-state index is -3.90. The highest BCUT2D eigenvalue weighted by Gasteiger charge is 2.24. The Morgan fingerprint density at radius 2 is 1.50 bits per heavy atom. The summed E-state index contributed by atoms with van der Waals surface area (Å²) in [5.74, 6) is -0.0521. The van der Waals surface area contributed by atoms with Crippen molar-refractivity contribution in [1.29, 1.82) is 0 Å². The number of rotatable bonds is 10. The lowest BCUT2D eigenvalue weighted by molar-refractivity contribution is 0.0474. The molecule has 0 N–H and O–H groups in total. The van der Waals surface area contributed by atoms with E-state index in [4.69, 9.17) is 14.2 Å². The van der Waals surface area contributed by atoms with E-state index in [9.17, 15) is 18.0 Å². The molecule has 3 rings (SSSR count). The third-order valence-corrected chi connectivity index (χ3v) is 6.78. The summed E-state index contributed by atoms with van der Waals surface area (Å²) in [6.07, 6.45) is 0. The summed E-state index contributed by atoms with van der Waals surface area (Å²) in [6.45, 7) is 1.93. The number of nitrogens with zero attached hydrogens (tertiary/aromatic N) is 1. The topological polar surface area (TPSA) is 99.2 Å². The Labute approximate surface area is 198 Å². The number of sulfonamides is 1. The predicted molar refractivity (Wildman–Crippen MR) is 127 cm³/mol. The summed E-state index contributed by atoms with van der Waals surface area (Å²) >= 11 is 0. The Balaban J connectivity index is 1.66. The summed E-state index contributed by atoms with van der Waals surface area (Å²) in [4.78, 5) is 24.6. The first-order valence-electron chi connectivity index (χ1n) is 10.4. The molecule has 8 nitrogen and oxygen atoms in total. The van der Waals surface area contributed by atoms with Gasteiger partial charge in [0.2, 0.25) is 0 Å². The quantitative estimate of drug-likeness (QED) is 0.318. The van der Waals surface area contributed by atoms with E-state index < -0.39 is 22.6 Å². The first-order valence-corrected chi connectivity index (χ1v) is 11.9. The number of hydrogen-bond donors (Lipinski definition) is 0. The molecule has 0 saturated carbocycles. The smallest absolute Gasteiger partial charge is 0.338 e. The lowest BCUT2D eigenvalue weighted by Gasteiger charge is -2.21. The van der Waals surface area contributed by atoms with Crippen LogP contribution in [-0.4, -0.2) is 47.5 Å². The first-order chi connectivity index (χ1) is 16.3. The van der Waals surface area contributed by atoms with E-state index in [1.54, 1.807) is 48.5 Å². The SMILES string of the molecule is CCOc1ccc(C(=O)COC(=O)c2ccc(S(=O)(=O)N(C)c3ccccc3OC)cc2)cc1. The number of Topliss-reactive ketones (excluding diaryl/α,β-unsaturated/α-hetero) is 1. The van der Waals surface area contributed by atoms with Crippen molar-refractivity contribution < 1.29 is 32.2 Å². The van der Waals surface area contributed by atoms with Crippen LogP contribution in [0.4, 0.5) is 5.69 Å². The van der Waals surface area contributed by atoms with Crippen molar-refractivity contribution in [2.75, 3.05) is 31.7 Å². The molecular formula is C25H25NO7S. The molecule has 0 aliphatic carbocycles. The van der Waals surface area contributed by atoms with Gasteiger partial charge in [-0.05, 0) is 67.6 Å². The lowest BCUT2D eigenvalue weighted by atomic mass is 10.1. The fraction of sp³-hybridized carbons (Fsp3) is 0.200. The zero-order chi connectivity index (χ0) is 24.7. The van der Waals surface area contributed by atoms with Gasteiger partial charge in [-0.1, -0.05) is 12.1 Å². The van der Waals surface area contributed by atoms with Gasteiger partial charge in [-0.15, -0.1) is 0 Å². The third kappa shape index (κ3) is 5.55. The second kappa shape index (κ2) is 10.8. The number of para-hydroxylation sites is 2. The lowest BCUT2D eigenvalue weighted by Crippen LogP contribution is -2.27. The van der Waals surface area contributed by atoms with E-state index >= 15 is 0 Å². The maximum absolute atomic E-state index is 13.0. The zero-order valence-electron chi connectivity index (χ0n) is 19.1. The minimum Gasteiger partial charge on any atom is -0.495 e. The van der Waals surface area contributed by atoms with Crippen molar-refractivity contribution in [3.8, 4) is 11.5 Å². The Morgan fingerprint density at radius 1 is 0.882 bits per heavy atom. The van der Waals surface area contributed by atoms with Gasteiger partial charge in [0, 0.05) is 12.6 Å². The molecule has 0 atom stereocenters. The molecule has 34 heavy (non-hydrogen) atoms. The number of esters is 1. The number of ketones is 1. The van der Waals surface area contributed by atoms with Crippen LogP contribution < -0.4 is 13.8 Å². The number of anilines is 1. The van der Waals surface area contributed by atoms with E-state index in [1.807, 2.05) is 6.92 Å². The highest BCUT2D eigenvalue weighted by molar-refractivity contribution is 7.92. The van der Waals surface area contributed by atoms with Gasteiger partial charge in [0.25, 0.3) is 10.0 Å². The van der Waals surface area contributed by atoms with Crippen LogP contribution in [-0.2, 0) is 14.8 Å². The number of ether oxygens (including phenoxy) is 3. The Kier molecular flexibility index (Phi) is 7.91. The highest BCUT2D eigenvalue weighted by atomic mass is 32.2. The molecule has 0 radical (unpaired) electrons. The summed E-state index contributed by atoms with van der Waals surface area (Å²) in [7, 11) is -1.02. The Bertz CT molecular complexity index is 1250. The van der Waals surface area contributed by atoms with Gasteiger partial charge in [-0.25, -0.2) is 13.2 Å². The fourth-order valence-corrected chi connectivity index (χ4v) is 4.35. The van der Waals surface area contributed by atoms with Crippen molar-refractivity contribution in [1.82, 2.24) is 0 Å². The zero-order valence-corrected chi connectivity index (χ0v) is 19.9. The predicted octanol–water partition coefficient (Wildman–Crippen LogP) is 3.96. The Morgan fingerprint density at radius 3 is 2.12 bits per heavy atom. The molecule has 0 bridgehead atoms. The van der Waals surface area contributed by atoms with Crippen LogP contribution in [0.2, 0.25) is 0 Å². The van der Waals surface area contributed by atoms with E-state index in [-0.39, 0.29) is 16.2 Å². The second-order valence-electron chi connectivity index (χ2n) is 7.13. The van der Waals surface area contributed by atoms with Crippen LogP contribution in [0.3, 0.4) is 0 Å². The van der Waals surface area contributed by atoms with Crippen LogP contribution in [0.1, 0.15) is 27.6 Å². The molecule has 0 aromatic heterocycles. The molecule has 0 aliphatic rings. The summed E-state index contributed by atoms with van der Waals surface area (Å²) in [6, 6.07) is 18.6. The van der Waals surface area contributed by atoms with Gasteiger partial charge in [-0.2, -0.15) is 0 Å². The summed E-state index contributed by atoms with van der Waals surface area (Å²) in [5.41, 5.74) is 0.886. The van der Waals surface area contributed by atoms with Crippen molar-refractivity contribution >= 4 is 27.5 Å². The molecule has 0 saturated heterocycles. The molecule has 0 spiro atoms. The summed E-state index contributed by atoms with van der Waals surface area (Å²) < 4.78 is 42.8. The molecule has 3 aromatic carbocycles. The van der Waals surface area contributed by atoms with E-state index in [0.29, 0.717) is 29.4 Å². The molecule has 0 aliphatic heterocycles. The van der Waals surface area contributed by atoms with E-state index in [0.717, 1.165) is 4.31 Å². The average molecular weight is 484 g/mol. The van der Waals surface area contributed by atoms with Crippen molar-refractivity contribution in [2.45, 2.75) is 11.8 Å². The van der Waals surface area contributed by atoms with Crippen molar-refractivity contribution in [3.63, 3.8) is 0 Å². The Hall–Kier alpha value is -3.85. The highest BCUT2D eigenvalue weighted by Crippen LogP contribution is 2.30. The van der Waals surface area contributed by atoms with Gasteiger partial charge in [0.05, 0.1) is 29.9 Å². The van der Waals surface area contributed by atoms with Crippen LogP contribution in [0, 0.1) is 0 Å². The maximum atomic E-state index is 13.0. The molecule has 0 fully saturated rings. The van der Waals surface area contributed by atoms with Crippen LogP contribution in [0.15, 0.2) is 77.7 Å².